The van der Waals surface area contributed by atoms with E-state index in [4.69, 9.17) is 14.4 Å². The zero-order chi connectivity index (χ0) is 20.6. The van der Waals surface area contributed by atoms with Crippen LogP contribution in [-0.2, 0) is 14.1 Å². The number of nitrogens with one attached hydrogen (secondary N) is 1. The Morgan fingerprint density at radius 3 is 2.61 bits per heavy atom. The van der Waals surface area contributed by atoms with Crippen LogP contribution >= 0.6 is 7.52 Å². The van der Waals surface area contributed by atoms with Gasteiger partial charge in [0.1, 0.15) is 12.3 Å². The van der Waals surface area contributed by atoms with Gasteiger partial charge in [-0.2, -0.15) is 0 Å². The van der Waals surface area contributed by atoms with Crippen LogP contribution in [0.1, 0.15) is 27.2 Å². The fourth-order valence-electron chi connectivity index (χ4n) is 2.59. The molecule has 0 heterocycles. The summed E-state index contributed by atoms with van der Waals surface area (Å²) in [5.41, 5.74) is 0.788. The summed E-state index contributed by atoms with van der Waals surface area (Å²) in [7, 11) is -3.36. The minimum absolute atomic E-state index is 0.0516. The molecule has 0 aliphatic carbocycles. The fraction of sp³-hybridized carbons (Fsp3) is 0.381. The first kappa shape index (κ1) is 22.2. The Balaban J connectivity index is 2.15. The van der Waals surface area contributed by atoms with Gasteiger partial charge in [-0.25, -0.2) is 5.09 Å². The summed E-state index contributed by atoms with van der Waals surface area (Å²) in [5, 5.41) is 13.9. The van der Waals surface area contributed by atoms with Gasteiger partial charge < -0.3 is 14.4 Å². The van der Waals surface area contributed by atoms with Crippen LogP contribution < -0.4 is 9.61 Å². The fourth-order valence-corrected chi connectivity index (χ4v) is 4.19. The van der Waals surface area contributed by atoms with Crippen molar-refractivity contribution in [3.63, 3.8) is 0 Å². The van der Waals surface area contributed by atoms with Crippen LogP contribution in [0.5, 0.6) is 5.75 Å². The number of fused-ring (bicyclic) bond motifs is 1. The molecule has 0 fully saturated rings. The molecule has 0 aromatic heterocycles. The third kappa shape index (κ3) is 7.12. The van der Waals surface area contributed by atoms with Gasteiger partial charge in [-0.15, -0.1) is 0 Å². The van der Waals surface area contributed by atoms with Crippen molar-refractivity contribution in [3.05, 3.63) is 54.1 Å². The molecular weight excluding hydrogens is 377 g/mol. The lowest BCUT2D eigenvalue weighted by molar-refractivity contribution is -0.145. The van der Waals surface area contributed by atoms with E-state index < -0.39 is 13.5 Å². The lowest BCUT2D eigenvalue weighted by atomic mass is 10.1. The monoisotopic (exact) mass is 405 g/mol. The maximum atomic E-state index is 13.3. The van der Waals surface area contributed by atoms with Crippen molar-refractivity contribution in [2.45, 2.75) is 33.3 Å². The van der Waals surface area contributed by atoms with Crippen molar-refractivity contribution < 1.29 is 23.7 Å². The molecule has 2 aromatic carbocycles. The first-order valence-corrected chi connectivity index (χ1v) is 11.1. The molecule has 0 radical (unpaired) electrons. The van der Waals surface area contributed by atoms with Crippen molar-refractivity contribution >= 4 is 24.3 Å². The van der Waals surface area contributed by atoms with Crippen LogP contribution in [0.4, 0.5) is 0 Å². The normalized spacial score (nSPS) is 14.1. The molecular formula is C21H28NO5P. The largest absolute Gasteiger partial charge is 0.462 e. The standard InChI is InChI=1S/C21H28NO5P/c1-16(2)26-21(24)14-22-28(25,12-6-7-17(3)15-23)27-20-11-10-18-8-4-5-9-19(18)13-20/h4-5,7-11,13,16,23H,6,12,14-15H2,1-3H3,(H,22,25)/b17-7+. The Hall–Kier alpha value is -2.14. The first-order chi connectivity index (χ1) is 13.3. The van der Waals surface area contributed by atoms with Gasteiger partial charge in [-0.05, 0) is 50.1 Å². The number of allylic oxidation sites excluding steroid dienone is 1. The van der Waals surface area contributed by atoms with Crippen molar-refractivity contribution in [1.82, 2.24) is 5.09 Å². The minimum atomic E-state index is -3.36. The summed E-state index contributed by atoms with van der Waals surface area (Å²) in [5.74, 6) is -0.0194. The van der Waals surface area contributed by atoms with E-state index >= 15 is 0 Å². The van der Waals surface area contributed by atoms with Crippen LogP contribution in [-0.4, -0.2) is 36.5 Å². The van der Waals surface area contributed by atoms with Crippen LogP contribution in [0.2, 0.25) is 0 Å². The summed E-state index contributed by atoms with van der Waals surface area (Å²) in [6.45, 7) is 5.05. The molecule has 6 nitrogen and oxygen atoms in total. The number of hydrogen-bond donors (Lipinski definition) is 2. The summed E-state index contributed by atoms with van der Waals surface area (Å²) >= 11 is 0. The van der Waals surface area contributed by atoms with Gasteiger partial charge in [0.2, 0.25) is 0 Å². The van der Waals surface area contributed by atoms with E-state index in [2.05, 4.69) is 5.09 Å². The average Bonchev–Trinajstić information content (AvgIpc) is 2.65. The van der Waals surface area contributed by atoms with Crippen molar-refractivity contribution in [2.75, 3.05) is 19.3 Å². The minimum Gasteiger partial charge on any atom is -0.462 e. The molecule has 0 saturated carbocycles. The highest BCUT2D eigenvalue weighted by atomic mass is 31.2. The molecule has 0 amide bonds. The topological polar surface area (TPSA) is 84.9 Å². The van der Waals surface area contributed by atoms with E-state index in [-0.39, 0.29) is 25.4 Å². The highest BCUT2D eigenvalue weighted by Gasteiger charge is 2.25. The predicted octanol–water partition coefficient (Wildman–Crippen LogP) is 4.28. The van der Waals surface area contributed by atoms with Gasteiger partial charge in [-0.3, -0.25) is 9.36 Å². The van der Waals surface area contributed by atoms with Crippen LogP contribution in [0.3, 0.4) is 0 Å². The van der Waals surface area contributed by atoms with E-state index in [0.717, 1.165) is 16.3 Å². The molecule has 0 aliphatic rings. The molecule has 152 valence electrons. The third-order valence-corrected chi connectivity index (χ3v) is 5.96. The molecule has 0 aliphatic heterocycles. The summed E-state index contributed by atoms with van der Waals surface area (Å²) in [4.78, 5) is 11.8. The smallest absolute Gasteiger partial charge is 0.320 e. The number of carbonyl (C=O) groups excluding carboxylic acids is 1. The summed E-state index contributed by atoms with van der Waals surface area (Å²) < 4.78 is 24.3. The van der Waals surface area contributed by atoms with Crippen LogP contribution in [0, 0.1) is 0 Å². The second-order valence-corrected chi connectivity index (χ2v) is 9.16. The molecule has 7 heteroatoms. The lowest BCUT2D eigenvalue weighted by Gasteiger charge is -2.20. The Labute approximate surface area is 166 Å². The van der Waals surface area contributed by atoms with Crippen molar-refractivity contribution in [1.29, 1.82) is 0 Å². The van der Waals surface area contributed by atoms with E-state index in [9.17, 15) is 9.36 Å². The average molecular weight is 405 g/mol. The molecule has 2 aromatic rings. The zero-order valence-corrected chi connectivity index (χ0v) is 17.4. The Kier molecular flexibility index (Phi) is 8.24. The van der Waals surface area contributed by atoms with E-state index in [0.29, 0.717) is 12.2 Å². The molecule has 0 spiro atoms. The van der Waals surface area contributed by atoms with Gasteiger partial charge in [0.15, 0.2) is 0 Å². The van der Waals surface area contributed by atoms with E-state index in [1.165, 1.54) is 0 Å². The highest BCUT2D eigenvalue weighted by molar-refractivity contribution is 7.57. The molecule has 2 rings (SSSR count). The summed E-state index contributed by atoms with van der Waals surface area (Å²) in [6.07, 6.45) is 2.20. The molecule has 28 heavy (non-hydrogen) atoms. The second-order valence-electron chi connectivity index (χ2n) is 6.87. The predicted molar refractivity (Wildman–Crippen MR) is 112 cm³/mol. The van der Waals surface area contributed by atoms with Crippen molar-refractivity contribution in [2.24, 2.45) is 0 Å². The highest BCUT2D eigenvalue weighted by Crippen LogP contribution is 2.44. The maximum Gasteiger partial charge on any atom is 0.320 e. The first-order valence-electron chi connectivity index (χ1n) is 9.30. The number of ether oxygens (including phenoxy) is 1. The number of esters is 1. The van der Waals surface area contributed by atoms with Gasteiger partial charge in [-0.1, -0.05) is 42.0 Å². The number of benzene rings is 2. The summed E-state index contributed by atoms with van der Waals surface area (Å²) in [6, 6.07) is 13.3. The van der Waals surface area contributed by atoms with E-state index in [1.807, 2.05) is 42.5 Å². The molecule has 0 bridgehead atoms. The lowest BCUT2D eigenvalue weighted by Crippen LogP contribution is -2.27. The van der Waals surface area contributed by atoms with Crippen molar-refractivity contribution in [3.8, 4) is 5.75 Å². The van der Waals surface area contributed by atoms with Gasteiger partial charge in [0.25, 0.3) is 0 Å². The number of aliphatic hydroxyl groups is 1. The Morgan fingerprint density at radius 1 is 1.21 bits per heavy atom. The number of carbonyl (C=O) groups is 1. The Morgan fingerprint density at radius 2 is 1.93 bits per heavy atom. The number of hydrogen-bond acceptors (Lipinski definition) is 5. The third-order valence-electron chi connectivity index (χ3n) is 3.97. The molecule has 1 unspecified atom stereocenters. The zero-order valence-electron chi connectivity index (χ0n) is 16.6. The second kappa shape index (κ2) is 10.4. The molecule has 1 atom stereocenters. The Bertz CT molecular complexity index is 878. The van der Waals surface area contributed by atoms with Crippen LogP contribution in [0.25, 0.3) is 10.8 Å². The quantitative estimate of drug-likeness (QED) is 0.349. The SMILES string of the molecule is C/C(=C\CCP(=O)(NCC(=O)OC(C)C)Oc1ccc2ccccc2c1)CO. The number of aliphatic hydroxyl groups excluding tert-OH is 1. The molecule has 0 saturated heterocycles. The van der Waals surface area contributed by atoms with Gasteiger partial charge in [0.05, 0.1) is 18.9 Å². The number of rotatable bonds is 10. The molecule has 2 N–H and O–H groups in total. The maximum absolute atomic E-state index is 13.3. The van der Waals surface area contributed by atoms with E-state index in [1.54, 1.807) is 26.8 Å². The van der Waals surface area contributed by atoms with Gasteiger partial charge >= 0.3 is 13.5 Å². The van der Waals surface area contributed by atoms with Gasteiger partial charge in [0, 0.05) is 0 Å². The van der Waals surface area contributed by atoms with Crippen LogP contribution in [0.15, 0.2) is 54.1 Å².